The van der Waals surface area contributed by atoms with Gasteiger partial charge in [0.15, 0.2) is 0 Å². The number of aliphatic hydroxyl groups excluding tert-OH is 1. The fourth-order valence-electron chi connectivity index (χ4n) is 4.59. The van der Waals surface area contributed by atoms with Gasteiger partial charge >= 0.3 is 0 Å². The van der Waals surface area contributed by atoms with Crippen molar-refractivity contribution < 1.29 is 27.4 Å². The highest BCUT2D eigenvalue weighted by Gasteiger charge is 2.63. The first kappa shape index (κ1) is 32.3. The molecule has 0 aromatic carbocycles. The van der Waals surface area contributed by atoms with Gasteiger partial charge in [0, 0.05) is 26.2 Å². The number of alkyl halides is 4. The molecule has 0 saturated carbocycles. The zero-order valence-electron chi connectivity index (χ0n) is 21.4. The molecular formula is C25H48F4N2O2. The molecule has 8 heteroatoms. The van der Waals surface area contributed by atoms with Crippen LogP contribution in [0.4, 0.5) is 17.6 Å². The van der Waals surface area contributed by atoms with Gasteiger partial charge in [0.2, 0.25) is 0 Å². The first-order valence-electron chi connectivity index (χ1n) is 11.3. The Morgan fingerprint density at radius 2 is 1.21 bits per heavy atom. The zero-order chi connectivity index (χ0) is 25.4. The Kier molecular flexibility index (Phi) is 10.3. The standard InChI is InChI=1S/C24H44F4N2O2.CH4/c1-11-16-32-17-19(3,4)23(25,26)21(7,8)29-12-14-30(15-13-29)22(9,10)24(27,28)20(5,6)18(2)31;/h11,18,31H,1,12-17H2,2-10H3;1H4. The van der Waals surface area contributed by atoms with Crippen LogP contribution >= 0.6 is 0 Å². The fraction of sp³-hybridized carbons (Fsp3) is 0.920. The molecule has 4 nitrogen and oxygen atoms in total. The van der Waals surface area contributed by atoms with Crippen molar-refractivity contribution in [2.75, 3.05) is 39.4 Å². The maximum Gasteiger partial charge on any atom is 0.272 e. The van der Waals surface area contributed by atoms with Crippen molar-refractivity contribution in [3.05, 3.63) is 12.7 Å². The lowest BCUT2D eigenvalue weighted by Crippen LogP contribution is -2.70. The molecule has 0 aliphatic carbocycles. The van der Waals surface area contributed by atoms with E-state index in [4.69, 9.17) is 4.74 Å². The summed E-state index contributed by atoms with van der Waals surface area (Å²) in [7, 11) is 0. The van der Waals surface area contributed by atoms with E-state index in [9.17, 15) is 5.11 Å². The summed E-state index contributed by atoms with van der Waals surface area (Å²) < 4.78 is 67.6. The maximum absolute atomic E-state index is 15.6. The van der Waals surface area contributed by atoms with Crippen LogP contribution < -0.4 is 0 Å². The molecule has 1 aliphatic heterocycles. The van der Waals surface area contributed by atoms with E-state index in [0.29, 0.717) is 0 Å². The molecule has 0 aromatic rings. The third-order valence-electron chi connectivity index (χ3n) is 7.80. The van der Waals surface area contributed by atoms with E-state index in [2.05, 4.69) is 6.58 Å². The molecular weight excluding hydrogens is 436 g/mol. The first-order valence-corrected chi connectivity index (χ1v) is 11.3. The van der Waals surface area contributed by atoms with E-state index in [1.54, 1.807) is 9.80 Å². The Balaban J connectivity index is 0.0000102. The second kappa shape index (κ2) is 10.5. The average Bonchev–Trinajstić information content (AvgIpc) is 2.67. The van der Waals surface area contributed by atoms with Crippen molar-refractivity contribution in [3.63, 3.8) is 0 Å². The van der Waals surface area contributed by atoms with Crippen LogP contribution in [0.2, 0.25) is 0 Å². The topological polar surface area (TPSA) is 35.9 Å². The Morgan fingerprint density at radius 3 is 1.55 bits per heavy atom. The minimum Gasteiger partial charge on any atom is -0.393 e. The lowest BCUT2D eigenvalue weighted by molar-refractivity contribution is -0.239. The SMILES string of the molecule is C.C=CCOCC(C)(C)C(F)(F)C(C)(C)N1CCN(C(C)(C)C(F)(F)C(C)(C)C(C)O)CC1. The highest BCUT2D eigenvalue weighted by molar-refractivity contribution is 5.08. The number of halogens is 4. The number of piperazine rings is 1. The van der Waals surface area contributed by atoms with Crippen molar-refractivity contribution in [1.29, 1.82) is 0 Å². The van der Waals surface area contributed by atoms with Gasteiger partial charge in [-0.2, -0.15) is 0 Å². The minimum atomic E-state index is -3.21. The number of aliphatic hydroxyl groups is 1. The van der Waals surface area contributed by atoms with E-state index < -0.39 is 39.9 Å². The molecule has 0 amide bonds. The summed E-state index contributed by atoms with van der Waals surface area (Å²) in [5.74, 6) is -6.31. The molecule has 1 atom stereocenters. The lowest BCUT2D eigenvalue weighted by atomic mass is 9.71. The molecule has 0 spiro atoms. The molecule has 0 aromatic heterocycles. The van der Waals surface area contributed by atoms with Gasteiger partial charge in [0.1, 0.15) is 0 Å². The number of rotatable bonds is 11. The van der Waals surface area contributed by atoms with Crippen LogP contribution in [-0.4, -0.2) is 83.3 Å². The van der Waals surface area contributed by atoms with Gasteiger partial charge in [-0.25, -0.2) is 17.6 Å². The van der Waals surface area contributed by atoms with E-state index in [0.717, 1.165) is 0 Å². The summed E-state index contributed by atoms with van der Waals surface area (Å²) in [4.78, 5) is 3.34. The van der Waals surface area contributed by atoms with E-state index in [1.165, 1.54) is 68.4 Å². The molecule has 1 aliphatic rings. The summed E-state index contributed by atoms with van der Waals surface area (Å²) in [6, 6.07) is 0. The van der Waals surface area contributed by atoms with Crippen molar-refractivity contribution >= 4 is 0 Å². The van der Waals surface area contributed by atoms with Crippen LogP contribution in [0.3, 0.4) is 0 Å². The quantitative estimate of drug-likeness (QED) is 0.232. The predicted octanol–water partition coefficient (Wildman–Crippen LogP) is 5.70. The Bertz CT molecular complexity index is 638. The Hall–Kier alpha value is -0.700. The lowest BCUT2D eigenvalue weighted by Gasteiger charge is -2.56. The number of hydrogen-bond donors (Lipinski definition) is 1. The van der Waals surface area contributed by atoms with Crippen LogP contribution in [0.15, 0.2) is 12.7 Å². The Morgan fingerprint density at radius 1 is 0.848 bits per heavy atom. The molecule has 1 heterocycles. The first-order chi connectivity index (χ1) is 14.2. The molecule has 33 heavy (non-hydrogen) atoms. The van der Waals surface area contributed by atoms with Gasteiger partial charge in [-0.05, 0) is 34.6 Å². The van der Waals surface area contributed by atoms with Crippen molar-refractivity contribution in [1.82, 2.24) is 9.80 Å². The van der Waals surface area contributed by atoms with Crippen molar-refractivity contribution in [3.8, 4) is 0 Å². The second-order valence-electron chi connectivity index (χ2n) is 11.3. The van der Waals surface area contributed by atoms with Crippen molar-refractivity contribution in [2.45, 2.75) is 98.8 Å². The average molecular weight is 485 g/mol. The summed E-state index contributed by atoms with van der Waals surface area (Å²) >= 11 is 0. The summed E-state index contributed by atoms with van der Waals surface area (Å²) in [5.41, 5.74) is -6.12. The van der Waals surface area contributed by atoms with E-state index in [-0.39, 0.29) is 46.8 Å². The summed E-state index contributed by atoms with van der Waals surface area (Å²) in [6.45, 7) is 17.5. The van der Waals surface area contributed by atoms with Crippen LogP contribution in [0, 0.1) is 10.8 Å². The highest BCUT2D eigenvalue weighted by Crippen LogP contribution is 2.50. The molecule has 0 radical (unpaired) electrons. The predicted molar refractivity (Wildman–Crippen MR) is 128 cm³/mol. The second-order valence-corrected chi connectivity index (χ2v) is 11.3. The smallest absolute Gasteiger partial charge is 0.272 e. The monoisotopic (exact) mass is 484 g/mol. The van der Waals surface area contributed by atoms with E-state index >= 15 is 17.6 Å². The third kappa shape index (κ3) is 5.60. The van der Waals surface area contributed by atoms with Crippen LogP contribution in [0.25, 0.3) is 0 Å². The number of ether oxygens (including phenoxy) is 1. The number of nitrogens with zero attached hydrogens (tertiary/aromatic N) is 2. The van der Waals surface area contributed by atoms with Crippen molar-refractivity contribution in [2.24, 2.45) is 10.8 Å². The fourth-order valence-corrected chi connectivity index (χ4v) is 4.59. The molecule has 1 fully saturated rings. The van der Waals surface area contributed by atoms with E-state index in [1.807, 2.05) is 0 Å². The van der Waals surface area contributed by atoms with Crippen LogP contribution in [0.5, 0.6) is 0 Å². The molecule has 1 unspecified atom stereocenters. The van der Waals surface area contributed by atoms with Gasteiger partial charge in [-0.15, -0.1) is 6.58 Å². The zero-order valence-corrected chi connectivity index (χ0v) is 21.4. The van der Waals surface area contributed by atoms with Gasteiger partial charge in [0.05, 0.1) is 41.2 Å². The molecule has 1 rings (SSSR count). The van der Waals surface area contributed by atoms with Gasteiger partial charge in [-0.3, -0.25) is 9.80 Å². The minimum absolute atomic E-state index is 0. The van der Waals surface area contributed by atoms with Crippen LogP contribution in [-0.2, 0) is 4.74 Å². The van der Waals surface area contributed by atoms with Gasteiger partial charge in [-0.1, -0.05) is 41.2 Å². The molecule has 198 valence electrons. The summed E-state index contributed by atoms with van der Waals surface area (Å²) in [6.07, 6.45) is 0.316. The Labute approximate surface area is 199 Å². The maximum atomic E-state index is 15.6. The molecule has 1 saturated heterocycles. The largest absolute Gasteiger partial charge is 0.393 e. The number of hydrogen-bond acceptors (Lipinski definition) is 4. The molecule has 1 N–H and O–H groups in total. The highest BCUT2D eigenvalue weighted by atomic mass is 19.3. The summed E-state index contributed by atoms with van der Waals surface area (Å²) in [5, 5.41) is 9.96. The van der Waals surface area contributed by atoms with Gasteiger partial charge in [0.25, 0.3) is 11.8 Å². The van der Waals surface area contributed by atoms with Gasteiger partial charge < -0.3 is 9.84 Å². The third-order valence-corrected chi connectivity index (χ3v) is 7.80. The van der Waals surface area contributed by atoms with Crippen LogP contribution in [0.1, 0.15) is 69.7 Å². The molecule has 0 bridgehead atoms. The normalized spacial score (nSPS) is 19.2.